The van der Waals surface area contributed by atoms with Gasteiger partial charge >= 0.3 is 0 Å². The molecule has 0 heterocycles. The van der Waals surface area contributed by atoms with Crippen molar-refractivity contribution in [1.29, 1.82) is 0 Å². The van der Waals surface area contributed by atoms with Gasteiger partial charge in [-0.15, -0.1) is 0 Å². The Balaban J connectivity index is 1.93. The van der Waals surface area contributed by atoms with Crippen LogP contribution in [0, 0.1) is 10.1 Å². The van der Waals surface area contributed by atoms with Crippen molar-refractivity contribution >= 4 is 6.21 Å². The molecule has 0 saturated heterocycles. The van der Waals surface area contributed by atoms with Gasteiger partial charge in [-0.25, -0.2) is 0 Å². The fourth-order valence-corrected chi connectivity index (χ4v) is 2.89. The van der Waals surface area contributed by atoms with E-state index in [1.807, 2.05) is 36.4 Å². The topological polar surface area (TPSA) is 55.5 Å². The Morgan fingerprint density at radius 2 is 1.96 bits per heavy atom. The van der Waals surface area contributed by atoms with Gasteiger partial charge in [-0.1, -0.05) is 69.0 Å². The molecule has 0 aromatic heterocycles. The zero-order chi connectivity index (χ0) is 17.3. The predicted octanol–water partition coefficient (Wildman–Crippen LogP) is 5.33. The standard InChI is InChI=1S/C20H26N2O2/c1-2-3-4-5-9-14-20(22(23)24)15-12-19(13-16-20)21-17-18-10-7-6-8-11-18/h6-8,10-13,15,17H,2-5,9,14,16H2,1H3. The molecule has 1 unspecified atom stereocenters. The lowest BCUT2D eigenvalue weighted by Crippen LogP contribution is -2.36. The van der Waals surface area contributed by atoms with Gasteiger partial charge in [0.1, 0.15) is 0 Å². The first-order chi connectivity index (χ1) is 11.7. The molecule has 1 aromatic carbocycles. The second-order valence-corrected chi connectivity index (χ2v) is 6.36. The third-order valence-electron chi connectivity index (χ3n) is 4.47. The van der Waals surface area contributed by atoms with Crippen LogP contribution >= 0.6 is 0 Å². The number of hydrogen-bond donors (Lipinski definition) is 0. The Kier molecular flexibility index (Phi) is 6.91. The van der Waals surface area contributed by atoms with Crippen molar-refractivity contribution in [1.82, 2.24) is 0 Å². The number of rotatable bonds is 9. The molecular formula is C20H26N2O2. The lowest BCUT2D eigenvalue weighted by molar-refractivity contribution is -0.555. The van der Waals surface area contributed by atoms with Gasteiger partial charge < -0.3 is 0 Å². The Bertz CT molecular complexity index is 620. The second kappa shape index (κ2) is 9.16. The highest BCUT2D eigenvalue weighted by Gasteiger charge is 2.39. The van der Waals surface area contributed by atoms with E-state index in [1.165, 1.54) is 12.8 Å². The molecule has 0 amide bonds. The van der Waals surface area contributed by atoms with Crippen molar-refractivity contribution in [3.05, 3.63) is 69.9 Å². The summed E-state index contributed by atoms with van der Waals surface area (Å²) in [6.45, 7) is 2.17. The molecule has 0 radical (unpaired) electrons. The second-order valence-electron chi connectivity index (χ2n) is 6.36. The van der Waals surface area contributed by atoms with E-state index in [0.29, 0.717) is 12.8 Å². The number of nitrogens with zero attached hydrogens (tertiary/aromatic N) is 2. The minimum atomic E-state index is -0.946. The molecule has 2 rings (SSSR count). The molecule has 1 aliphatic rings. The van der Waals surface area contributed by atoms with Gasteiger partial charge in [0.2, 0.25) is 5.54 Å². The van der Waals surface area contributed by atoms with Crippen LogP contribution in [-0.4, -0.2) is 16.7 Å². The number of aliphatic imine (C=N–C) groups is 1. The zero-order valence-corrected chi connectivity index (χ0v) is 14.4. The molecule has 128 valence electrons. The smallest absolute Gasteiger partial charge is 0.244 e. The van der Waals surface area contributed by atoms with Gasteiger partial charge in [-0.05, 0) is 24.1 Å². The summed E-state index contributed by atoms with van der Waals surface area (Å²) in [5.41, 5.74) is 0.869. The monoisotopic (exact) mass is 326 g/mol. The van der Waals surface area contributed by atoms with E-state index in [0.717, 1.165) is 30.5 Å². The first-order valence-electron chi connectivity index (χ1n) is 8.79. The van der Waals surface area contributed by atoms with E-state index in [4.69, 9.17) is 0 Å². The van der Waals surface area contributed by atoms with Crippen LogP contribution in [0.15, 0.2) is 59.2 Å². The zero-order valence-electron chi connectivity index (χ0n) is 14.4. The highest BCUT2D eigenvalue weighted by molar-refractivity contribution is 5.80. The van der Waals surface area contributed by atoms with Crippen LogP contribution in [0.25, 0.3) is 0 Å². The molecule has 0 fully saturated rings. The molecule has 4 heteroatoms. The summed E-state index contributed by atoms with van der Waals surface area (Å²) in [7, 11) is 0. The molecule has 1 atom stereocenters. The van der Waals surface area contributed by atoms with E-state index in [1.54, 1.807) is 18.4 Å². The summed E-state index contributed by atoms with van der Waals surface area (Å²) in [6.07, 6.45) is 13.8. The fourth-order valence-electron chi connectivity index (χ4n) is 2.89. The van der Waals surface area contributed by atoms with Crippen molar-refractivity contribution in [2.24, 2.45) is 4.99 Å². The average molecular weight is 326 g/mol. The van der Waals surface area contributed by atoms with Gasteiger partial charge in [-0.2, -0.15) is 0 Å². The van der Waals surface area contributed by atoms with Crippen molar-refractivity contribution in [3.63, 3.8) is 0 Å². The summed E-state index contributed by atoms with van der Waals surface area (Å²) in [6, 6.07) is 9.84. The van der Waals surface area contributed by atoms with E-state index in [2.05, 4.69) is 11.9 Å². The third kappa shape index (κ3) is 5.15. The highest BCUT2D eigenvalue weighted by atomic mass is 16.6. The Labute approximate surface area is 144 Å². The quantitative estimate of drug-likeness (QED) is 0.267. The summed E-state index contributed by atoms with van der Waals surface area (Å²) in [4.78, 5) is 15.9. The molecule has 1 aromatic rings. The molecular weight excluding hydrogens is 300 g/mol. The molecule has 0 bridgehead atoms. The van der Waals surface area contributed by atoms with Crippen LogP contribution in [0.2, 0.25) is 0 Å². The molecule has 0 saturated carbocycles. The van der Waals surface area contributed by atoms with E-state index < -0.39 is 5.54 Å². The third-order valence-corrected chi connectivity index (χ3v) is 4.47. The van der Waals surface area contributed by atoms with Crippen LogP contribution in [0.4, 0.5) is 0 Å². The molecule has 4 nitrogen and oxygen atoms in total. The van der Waals surface area contributed by atoms with E-state index in [9.17, 15) is 10.1 Å². The minimum Gasteiger partial charge on any atom is -0.264 e. The minimum absolute atomic E-state index is 0.127. The first-order valence-corrected chi connectivity index (χ1v) is 8.79. The van der Waals surface area contributed by atoms with Gasteiger partial charge in [0.15, 0.2) is 0 Å². The number of nitro groups is 1. The van der Waals surface area contributed by atoms with Crippen LogP contribution in [0.5, 0.6) is 0 Å². The summed E-state index contributed by atoms with van der Waals surface area (Å²) in [5, 5.41) is 11.6. The van der Waals surface area contributed by atoms with Gasteiger partial charge in [0.05, 0.1) is 5.70 Å². The lowest BCUT2D eigenvalue weighted by Gasteiger charge is -2.23. The van der Waals surface area contributed by atoms with E-state index >= 15 is 0 Å². The lowest BCUT2D eigenvalue weighted by atomic mass is 9.85. The first kappa shape index (κ1) is 18.1. The number of hydrogen-bond acceptors (Lipinski definition) is 3. The van der Waals surface area contributed by atoms with Crippen LogP contribution < -0.4 is 0 Å². The van der Waals surface area contributed by atoms with Crippen molar-refractivity contribution in [3.8, 4) is 0 Å². The maximum absolute atomic E-state index is 11.6. The van der Waals surface area contributed by atoms with E-state index in [-0.39, 0.29) is 4.92 Å². The summed E-state index contributed by atoms with van der Waals surface area (Å²) >= 11 is 0. The Morgan fingerprint density at radius 3 is 2.58 bits per heavy atom. The van der Waals surface area contributed by atoms with Crippen LogP contribution in [0.1, 0.15) is 57.4 Å². The molecule has 1 aliphatic carbocycles. The van der Waals surface area contributed by atoms with Crippen molar-refractivity contribution in [2.75, 3.05) is 0 Å². The van der Waals surface area contributed by atoms with Crippen LogP contribution in [-0.2, 0) is 0 Å². The van der Waals surface area contributed by atoms with Gasteiger partial charge in [-0.3, -0.25) is 15.1 Å². The largest absolute Gasteiger partial charge is 0.264 e. The summed E-state index contributed by atoms with van der Waals surface area (Å²) in [5.74, 6) is 0. The molecule has 0 N–H and O–H groups in total. The Morgan fingerprint density at radius 1 is 1.21 bits per heavy atom. The Hall–Kier alpha value is -2.23. The number of allylic oxidation sites excluding steroid dienone is 1. The number of unbranched alkanes of at least 4 members (excludes halogenated alkanes) is 4. The normalized spacial score (nSPS) is 20.3. The predicted molar refractivity (Wildman–Crippen MR) is 99.0 cm³/mol. The van der Waals surface area contributed by atoms with Gasteiger partial charge in [0.25, 0.3) is 0 Å². The molecule has 0 aliphatic heterocycles. The van der Waals surface area contributed by atoms with Gasteiger partial charge in [0, 0.05) is 24.0 Å². The van der Waals surface area contributed by atoms with Crippen molar-refractivity contribution in [2.45, 2.75) is 57.4 Å². The SMILES string of the molecule is CCCCCCCC1([N+](=O)[O-])C=CC(N=Cc2ccccc2)=CC1. The fraction of sp³-hybridized carbons (Fsp3) is 0.450. The van der Waals surface area contributed by atoms with Crippen LogP contribution in [0.3, 0.4) is 0 Å². The van der Waals surface area contributed by atoms with Crippen molar-refractivity contribution < 1.29 is 4.92 Å². The average Bonchev–Trinajstić information content (AvgIpc) is 2.61. The number of benzene rings is 1. The maximum Gasteiger partial charge on any atom is 0.244 e. The maximum atomic E-state index is 11.6. The summed E-state index contributed by atoms with van der Waals surface area (Å²) < 4.78 is 0. The highest BCUT2D eigenvalue weighted by Crippen LogP contribution is 2.30. The molecule has 0 spiro atoms. The molecule has 24 heavy (non-hydrogen) atoms.